The lowest BCUT2D eigenvalue weighted by molar-refractivity contribution is -0.129. The van der Waals surface area contributed by atoms with Crippen LogP contribution in [0.4, 0.5) is 0 Å². The van der Waals surface area contributed by atoms with Crippen molar-refractivity contribution < 1.29 is 9.53 Å². The Labute approximate surface area is 184 Å². The van der Waals surface area contributed by atoms with E-state index in [9.17, 15) is 4.79 Å². The van der Waals surface area contributed by atoms with Gasteiger partial charge in [-0.2, -0.15) is 0 Å². The van der Waals surface area contributed by atoms with Gasteiger partial charge >= 0.3 is 5.97 Å². The maximum atomic E-state index is 12.6. The Morgan fingerprint density at radius 3 is 2.48 bits per heavy atom. The Morgan fingerprint density at radius 1 is 0.903 bits per heavy atom. The van der Waals surface area contributed by atoms with Gasteiger partial charge in [0.1, 0.15) is 5.03 Å². The molecule has 31 heavy (non-hydrogen) atoms. The fourth-order valence-electron chi connectivity index (χ4n) is 3.38. The first-order chi connectivity index (χ1) is 15.2. The number of fused-ring (bicyclic) bond motifs is 1. The molecule has 1 aliphatic heterocycles. The van der Waals surface area contributed by atoms with Crippen LogP contribution in [0.3, 0.4) is 0 Å². The number of aromatic nitrogens is 1. The number of aryl methyl sites for hydroxylation is 1. The Kier molecular flexibility index (Phi) is 5.10. The molecule has 5 heteroatoms. The fraction of sp³-hybridized carbons (Fsp3) is 0.0385. The molecule has 0 aliphatic carbocycles. The number of pyridine rings is 1. The summed E-state index contributed by atoms with van der Waals surface area (Å²) in [6.07, 6.45) is 1.76. The molecule has 0 saturated heterocycles. The molecule has 1 aromatic heterocycles. The molecule has 0 amide bonds. The second-order valence-corrected chi connectivity index (χ2v) is 8.20. The lowest BCUT2D eigenvalue weighted by atomic mass is 10.1. The maximum Gasteiger partial charge on any atom is 0.363 e. The quantitative estimate of drug-likeness (QED) is 0.297. The normalized spacial score (nSPS) is 14.7. The molecule has 4 nitrogen and oxygen atoms in total. The van der Waals surface area contributed by atoms with Crippen molar-refractivity contribution in [3.05, 3.63) is 107 Å². The fourth-order valence-corrected chi connectivity index (χ4v) is 4.28. The SMILES string of the molecule is Cc1ccccc1C1=N/C(=C/c2cc3ccccc3nc2Sc2ccccc2)C(=O)O1. The zero-order valence-electron chi connectivity index (χ0n) is 16.8. The number of benzene rings is 3. The molecule has 4 aromatic rings. The average Bonchev–Trinajstić information content (AvgIpc) is 3.15. The number of carbonyl (C=O) groups is 1. The first-order valence-electron chi connectivity index (χ1n) is 9.89. The van der Waals surface area contributed by atoms with Crippen molar-refractivity contribution >= 4 is 40.6 Å². The minimum Gasteiger partial charge on any atom is -0.402 e. The van der Waals surface area contributed by atoms with Gasteiger partial charge in [0, 0.05) is 21.4 Å². The molecule has 0 N–H and O–H groups in total. The Balaban J connectivity index is 1.60. The van der Waals surface area contributed by atoms with E-state index >= 15 is 0 Å². The van der Waals surface area contributed by atoms with Gasteiger partial charge in [0.2, 0.25) is 5.90 Å². The highest BCUT2D eigenvalue weighted by molar-refractivity contribution is 7.99. The lowest BCUT2D eigenvalue weighted by Gasteiger charge is -2.08. The van der Waals surface area contributed by atoms with Crippen molar-refractivity contribution in [1.82, 2.24) is 4.98 Å². The highest BCUT2D eigenvalue weighted by Crippen LogP contribution is 2.33. The number of ether oxygens (including phenoxy) is 1. The summed E-state index contributed by atoms with van der Waals surface area (Å²) >= 11 is 1.56. The van der Waals surface area contributed by atoms with Crippen LogP contribution in [0.25, 0.3) is 17.0 Å². The van der Waals surface area contributed by atoms with Crippen LogP contribution < -0.4 is 0 Å². The minimum atomic E-state index is -0.456. The van der Waals surface area contributed by atoms with Gasteiger partial charge in [0.15, 0.2) is 5.70 Å². The lowest BCUT2D eigenvalue weighted by Crippen LogP contribution is -2.06. The predicted octanol–water partition coefficient (Wildman–Crippen LogP) is 6.04. The summed E-state index contributed by atoms with van der Waals surface area (Å²) in [6, 6.07) is 27.7. The molecule has 1 aliphatic rings. The van der Waals surface area contributed by atoms with Crippen molar-refractivity contribution in [2.24, 2.45) is 4.99 Å². The van der Waals surface area contributed by atoms with Gasteiger partial charge in [-0.1, -0.05) is 66.4 Å². The van der Waals surface area contributed by atoms with Crippen molar-refractivity contribution in [2.75, 3.05) is 0 Å². The molecular formula is C26H18N2O2S. The summed E-state index contributed by atoms with van der Waals surface area (Å²) in [7, 11) is 0. The average molecular weight is 423 g/mol. The minimum absolute atomic E-state index is 0.269. The number of nitrogens with zero attached hydrogens (tertiary/aromatic N) is 2. The third-order valence-electron chi connectivity index (χ3n) is 4.96. The molecule has 3 aromatic carbocycles. The number of hydrogen-bond donors (Lipinski definition) is 0. The smallest absolute Gasteiger partial charge is 0.363 e. The van der Waals surface area contributed by atoms with Gasteiger partial charge in [-0.15, -0.1) is 0 Å². The molecule has 0 radical (unpaired) electrons. The van der Waals surface area contributed by atoms with E-state index in [0.717, 1.165) is 37.5 Å². The summed E-state index contributed by atoms with van der Waals surface area (Å²) in [5, 5.41) is 1.81. The van der Waals surface area contributed by atoms with Gasteiger partial charge in [-0.3, -0.25) is 0 Å². The number of carbonyl (C=O) groups excluding carboxylic acids is 1. The monoisotopic (exact) mass is 422 g/mol. The molecule has 0 bridgehead atoms. The third-order valence-corrected chi connectivity index (χ3v) is 5.99. The largest absolute Gasteiger partial charge is 0.402 e. The number of hydrogen-bond acceptors (Lipinski definition) is 5. The van der Waals surface area contributed by atoms with Crippen LogP contribution in [0.5, 0.6) is 0 Å². The van der Waals surface area contributed by atoms with E-state index in [1.807, 2.05) is 91.9 Å². The molecule has 0 spiro atoms. The maximum absolute atomic E-state index is 12.6. The Morgan fingerprint density at radius 2 is 1.65 bits per heavy atom. The second kappa shape index (κ2) is 8.20. The number of esters is 1. The molecule has 0 atom stereocenters. The first-order valence-corrected chi connectivity index (χ1v) is 10.7. The van der Waals surface area contributed by atoms with Gasteiger partial charge in [0.25, 0.3) is 0 Å². The van der Waals surface area contributed by atoms with Gasteiger partial charge < -0.3 is 4.74 Å². The molecule has 0 fully saturated rings. The summed E-state index contributed by atoms with van der Waals surface area (Å²) in [5.41, 5.74) is 3.82. The van der Waals surface area contributed by atoms with Crippen LogP contribution in [-0.4, -0.2) is 16.9 Å². The van der Waals surface area contributed by atoms with Crippen molar-refractivity contribution in [2.45, 2.75) is 16.8 Å². The van der Waals surface area contributed by atoms with E-state index in [2.05, 4.69) is 4.99 Å². The van der Waals surface area contributed by atoms with Crippen LogP contribution in [0, 0.1) is 6.92 Å². The van der Waals surface area contributed by atoms with Crippen molar-refractivity contribution in [3.8, 4) is 0 Å². The predicted molar refractivity (Wildman–Crippen MR) is 124 cm³/mol. The highest BCUT2D eigenvalue weighted by atomic mass is 32.2. The number of aliphatic imine (C=N–C) groups is 1. The number of rotatable bonds is 4. The molecular weight excluding hydrogens is 404 g/mol. The van der Waals surface area contributed by atoms with Gasteiger partial charge in [0.05, 0.1) is 5.52 Å². The standard InChI is InChI=1S/C26H18N2O2S/c1-17-9-5-7-13-21(17)24-27-23(26(29)30-24)16-19-15-18-10-6-8-14-22(18)28-25(19)31-20-11-3-2-4-12-20/h2-16H,1H3/b23-16+. The summed E-state index contributed by atoms with van der Waals surface area (Å²) in [4.78, 5) is 23.0. The third kappa shape index (κ3) is 4.00. The summed E-state index contributed by atoms with van der Waals surface area (Å²) < 4.78 is 5.47. The van der Waals surface area contributed by atoms with E-state index in [1.165, 1.54) is 0 Å². The molecule has 150 valence electrons. The summed E-state index contributed by atoms with van der Waals surface area (Å²) in [5.74, 6) is -0.123. The zero-order chi connectivity index (χ0) is 21.2. The van der Waals surface area contributed by atoms with E-state index in [-0.39, 0.29) is 5.70 Å². The Hall–Kier alpha value is -3.70. The van der Waals surface area contributed by atoms with Crippen LogP contribution in [-0.2, 0) is 9.53 Å². The van der Waals surface area contributed by atoms with Crippen molar-refractivity contribution in [3.63, 3.8) is 0 Å². The van der Waals surface area contributed by atoms with E-state index < -0.39 is 5.97 Å². The van der Waals surface area contributed by atoms with Crippen LogP contribution >= 0.6 is 11.8 Å². The van der Waals surface area contributed by atoms with Crippen LogP contribution in [0.1, 0.15) is 16.7 Å². The van der Waals surface area contributed by atoms with Gasteiger partial charge in [-0.25, -0.2) is 14.8 Å². The molecule has 2 heterocycles. The first kappa shape index (κ1) is 19.3. The van der Waals surface area contributed by atoms with Crippen molar-refractivity contribution in [1.29, 1.82) is 0 Å². The summed E-state index contributed by atoms with van der Waals surface area (Å²) in [6.45, 7) is 1.97. The van der Waals surface area contributed by atoms with Crippen LogP contribution in [0.15, 0.2) is 106 Å². The van der Waals surface area contributed by atoms with E-state index in [4.69, 9.17) is 9.72 Å². The molecule has 5 rings (SSSR count). The highest BCUT2D eigenvalue weighted by Gasteiger charge is 2.25. The van der Waals surface area contributed by atoms with E-state index in [1.54, 1.807) is 17.8 Å². The topological polar surface area (TPSA) is 51.5 Å². The molecule has 0 unspecified atom stereocenters. The number of cyclic esters (lactones) is 1. The van der Waals surface area contributed by atoms with E-state index in [0.29, 0.717) is 5.90 Å². The van der Waals surface area contributed by atoms with Gasteiger partial charge in [-0.05, 0) is 48.9 Å². The van der Waals surface area contributed by atoms with Crippen LogP contribution in [0.2, 0.25) is 0 Å². The number of para-hydroxylation sites is 1. The zero-order valence-corrected chi connectivity index (χ0v) is 17.6. The molecule has 0 saturated carbocycles. The Bertz CT molecular complexity index is 1360. The second-order valence-electron chi connectivity index (χ2n) is 7.14.